The van der Waals surface area contributed by atoms with Crippen LogP contribution in [0.5, 0.6) is 11.5 Å². The SMILES string of the molecule is COc1ccc([C@H]2C(C(C)=O)=C(O)C(=O)N2CCO)cc1OC. The molecule has 1 aliphatic rings. The van der Waals surface area contributed by atoms with E-state index >= 15 is 0 Å². The summed E-state index contributed by atoms with van der Waals surface area (Å²) in [5, 5.41) is 19.2. The molecule has 124 valence electrons. The first kappa shape index (κ1) is 16.8. The summed E-state index contributed by atoms with van der Waals surface area (Å²) in [5.41, 5.74) is 0.592. The lowest BCUT2D eigenvalue weighted by Gasteiger charge is -2.26. The number of rotatable bonds is 6. The Morgan fingerprint density at radius 3 is 2.43 bits per heavy atom. The topological polar surface area (TPSA) is 96.3 Å². The smallest absolute Gasteiger partial charge is 0.290 e. The van der Waals surface area contributed by atoms with Crippen molar-refractivity contribution in [2.24, 2.45) is 0 Å². The molecule has 1 amide bonds. The van der Waals surface area contributed by atoms with Crippen molar-refractivity contribution in [3.63, 3.8) is 0 Å². The number of β-amino-alcohol motifs (C(OH)–C–C–N with tert-alkyl or cyclic N) is 1. The highest BCUT2D eigenvalue weighted by molar-refractivity contribution is 6.08. The number of methoxy groups -OCH3 is 2. The normalized spacial score (nSPS) is 17.7. The Morgan fingerprint density at radius 2 is 1.91 bits per heavy atom. The van der Waals surface area contributed by atoms with E-state index in [-0.39, 0.29) is 18.7 Å². The van der Waals surface area contributed by atoms with E-state index in [0.29, 0.717) is 17.1 Å². The predicted octanol–water partition coefficient (Wildman–Crippen LogP) is 0.980. The van der Waals surface area contributed by atoms with Gasteiger partial charge in [0.2, 0.25) is 0 Å². The highest BCUT2D eigenvalue weighted by Crippen LogP contribution is 2.40. The third-order valence-corrected chi connectivity index (χ3v) is 3.75. The summed E-state index contributed by atoms with van der Waals surface area (Å²) >= 11 is 0. The molecule has 1 heterocycles. The number of ketones is 1. The Morgan fingerprint density at radius 1 is 1.26 bits per heavy atom. The van der Waals surface area contributed by atoms with Crippen LogP contribution in [0.3, 0.4) is 0 Å². The molecule has 0 saturated carbocycles. The maximum atomic E-state index is 12.2. The van der Waals surface area contributed by atoms with Crippen molar-refractivity contribution in [2.75, 3.05) is 27.4 Å². The Hall–Kier alpha value is -2.54. The average Bonchev–Trinajstić information content (AvgIpc) is 2.79. The number of ether oxygens (including phenoxy) is 2. The fraction of sp³-hybridized carbons (Fsp3) is 0.375. The maximum absolute atomic E-state index is 12.2. The highest BCUT2D eigenvalue weighted by Gasteiger charge is 2.42. The lowest BCUT2D eigenvalue weighted by molar-refractivity contribution is -0.129. The zero-order valence-electron chi connectivity index (χ0n) is 13.2. The van der Waals surface area contributed by atoms with Gasteiger partial charge in [-0.3, -0.25) is 9.59 Å². The first-order valence-corrected chi connectivity index (χ1v) is 7.04. The molecule has 7 nitrogen and oxygen atoms in total. The summed E-state index contributed by atoms with van der Waals surface area (Å²) in [6.07, 6.45) is 0. The Bertz CT molecular complexity index is 667. The van der Waals surface area contributed by atoms with E-state index in [4.69, 9.17) is 9.47 Å². The summed E-state index contributed by atoms with van der Waals surface area (Å²) < 4.78 is 10.4. The number of carbonyl (C=O) groups is 2. The van der Waals surface area contributed by atoms with Gasteiger partial charge in [0.25, 0.3) is 5.91 Å². The van der Waals surface area contributed by atoms with Gasteiger partial charge in [-0.05, 0) is 24.6 Å². The zero-order valence-corrected chi connectivity index (χ0v) is 13.2. The summed E-state index contributed by atoms with van der Waals surface area (Å²) in [6.45, 7) is 1.00. The van der Waals surface area contributed by atoms with E-state index < -0.39 is 23.5 Å². The minimum Gasteiger partial charge on any atom is -0.503 e. The van der Waals surface area contributed by atoms with Gasteiger partial charge >= 0.3 is 0 Å². The van der Waals surface area contributed by atoms with Crippen LogP contribution in [0, 0.1) is 0 Å². The molecule has 0 bridgehead atoms. The van der Waals surface area contributed by atoms with Gasteiger partial charge in [-0.15, -0.1) is 0 Å². The fourth-order valence-electron chi connectivity index (χ4n) is 2.72. The van der Waals surface area contributed by atoms with Crippen LogP contribution in [-0.4, -0.2) is 54.2 Å². The summed E-state index contributed by atoms with van der Waals surface area (Å²) in [4.78, 5) is 25.3. The molecule has 2 rings (SSSR count). The number of hydrogen-bond acceptors (Lipinski definition) is 6. The molecule has 0 unspecified atom stereocenters. The first-order valence-electron chi connectivity index (χ1n) is 7.04. The molecule has 0 aromatic heterocycles. The Balaban J connectivity index is 2.56. The summed E-state index contributed by atoms with van der Waals surface area (Å²) in [5.74, 6) is -0.714. The molecule has 23 heavy (non-hydrogen) atoms. The van der Waals surface area contributed by atoms with Crippen molar-refractivity contribution in [3.05, 3.63) is 35.1 Å². The van der Waals surface area contributed by atoms with Gasteiger partial charge in [-0.25, -0.2) is 0 Å². The van der Waals surface area contributed by atoms with E-state index in [1.807, 2.05) is 0 Å². The van der Waals surface area contributed by atoms with E-state index in [9.17, 15) is 19.8 Å². The Kier molecular flexibility index (Phi) is 4.90. The molecule has 0 spiro atoms. The number of carbonyl (C=O) groups excluding carboxylic acids is 2. The second-order valence-electron chi connectivity index (χ2n) is 5.06. The lowest BCUT2D eigenvalue weighted by atomic mass is 9.96. The van der Waals surface area contributed by atoms with E-state index in [1.165, 1.54) is 26.0 Å². The third kappa shape index (κ3) is 2.87. The largest absolute Gasteiger partial charge is 0.503 e. The molecule has 2 N–H and O–H groups in total. The molecule has 1 aromatic carbocycles. The van der Waals surface area contributed by atoms with Crippen molar-refractivity contribution < 1.29 is 29.3 Å². The zero-order chi connectivity index (χ0) is 17.1. The standard InChI is InChI=1S/C16H19NO6/c1-9(19)13-14(17(6-7-18)16(21)15(13)20)10-4-5-11(22-2)12(8-10)23-3/h4-5,8,14,18,20H,6-7H2,1-3H3/t14-/m0/s1. The van der Waals surface area contributed by atoms with Gasteiger partial charge in [0.05, 0.1) is 32.4 Å². The molecule has 0 fully saturated rings. The van der Waals surface area contributed by atoms with Crippen LogP contribution in [0.2, 0.25) is 0 Å². The van der Waals surface area contributed by atoms with Crippen LogP contribution in [0.4, 0.5) is 0 Å². The van der Waals surface area contributed by atoms with Crippen molar-refractivity contribution >= 4 is 11.7 Å². The third-order valence-electron chi connectivity index (χ3n) is 3.75. The van der Waals surface area contributed by atoms with Crippen LogP contribution in [0.15, 0.2) is 29.5 Å². The minimum atomic E-state index is -0.771. The summed E-state index contributed by atoms with van der Waals surface area (Å²) in [7, 11) is 2.98. The van der Waals surface area contributed by atoms with Crippen molar-refractivity contribution in [3.8, 4) is 11.5 Å². The quantitative estimate of drug-likeness (QED) is 0.811. The Labute approximate surface area is 133 Å². The van der Waals surface area contributed by atoms with E-state index in [1.54, 1.807) is 18.2 Å². The summed E-state index contributed by atoms with van der Waals surface area (Å²) in [6, 6.07) is 4.21. The number of aliphatic hydroxyl groups is 2. The minimum absolute atomic E-state index is 0.00130. The van der Waals surface area contributed by atoms with Gasteiger partial charge in [0, 0.05) is 6.54 Å². The molecule has 1 atom stereocenters. The van der Waals surface area contributed by atoms with Crippen LogP contribution in [0.1, 0.15) is 18.5 Å². The number of Topliss-reactive ketones (excluding diaryl/α,β-unsaturated/α-hetero) is 1. The lowest BCUT2D eigenvalue weighted by Crippen LogP contribution is -2.33. The second kappa shape index (κ2) is 6.70. The molecule has 7 heteroatoms. The van der Waals surface area contributed by atoms with Crippen molar-refractivity contribution in [1.82, 2.24) is 4.90 Å². The first-order chi connectivity index (χ1) is 11.0. The van der Waals surface area contributed by atoms with Gasteiger partial charge in [0.1, 0.15) is 0 Å². The van der Waals surface area contributed by atoms with Gasteiger partial charge in [-0.1, -0.05) is 6.07 Å². The van der Waals surface area contributed by atoms with Gasteiger partial charge < -0.3 is 24.6 Å². The number of amides is 1. The molecular formula is C16H19NO6. The molecule has 1 aromatic rings. The van der Waals surface area contributed by atoms with E-state index in [2.05, 4.69) is 0 Å². The molecule has 1 aliphatic heterocycles. The van der Waals surface area contributed by atoms with Crippen molar-refractivity contribution in [1.29, 1.82) is 0 Å². The number of hydrogen-bond donors (Lipinski definition) is 2. The average molecular weight is 321 g/mol. The van der Waals surface area contributed by atoms with Crippen LogP contribution in [-0.2, 0) is 9.59 Å². The van der Waals surface area contributed by atoms with E-state index in [0.717, 1.165) is 0 Å². The van der Waals surface area contributed by atoms with Crippen LogP contribution >= 0.6 is 0 Å². The molecule has 0 radical (unpaired) electrons. The highest BCUT2D eigenvalue weighted by atomic mass is 16.5. The van der Waals surface area contributed by atoms with Crippen molar-refractivity contribution in [2.45, 2.75) is 13.0 Å². The van der Waals surface area contributed by atoms with Crippen LogP contribution in [0.25, 0.3) is 0 Å². The molecule has 0 saturated heterocycles. The van der Waals surface area contributed by atoms with Gasteiger partial charge in [-0.2, -0.15) is 0 Å². The number of aliphatic hydroxyl groups excluding tert-OH is 2. The molecular weight excluding hydrogens is 302 g/mol. The second-order valence-corrected chi connectivity index (χ2v) is 5.06. The van der Waals surface area contributed by atoms with Crippen LogP contribution < -0.4 is 9.47 Å². The van der Waals surface area contributed by atoms with Gasteiger partial charge in [0.15, 0.2) is 23.0 Å². The molecule has 0 aliphatic carbocycles. The fourth-order valence-corrected chi connectivity index (χ4v) is 2.72. The maximum Gasteiger partial charge on any atom is 0.290 e. The monoisotopic (exact) mass is 321 g/mol. The number of benzene rings is 1. The predicted molar refractivity (Wildman–Crippen MR) is 81.4 cm³/mol. The number of nitrogens with zero attached hydrogens (tertiary/aromatic N) is 1.